The molecule has 1 rings (SSSR count). The average molecular weight is 525 g/mol. The fourth-order valence-corrected chi connectivity index (χ4v) is 3.83. The van der Waals surface area contributed by atoms with Crippen molar-refractivity contribution < 1.29 is 29.4 Å². The Morgan fingerprint density at radius 3 is 2.03 bits per heavy atom. The molecule has 36 heavy (non-hydrogen) atoms. The Morgan fingerprint density at radius 2 is 1.53 bits per heavy atom. The SMILES string of the molecule is CCC(C)C(NC(=O)C(Cc1ccc(O)cc1)NC(=O)C(N)C(C)C)C(=O)NC(CCSC)C(=O)O. The summed E-state index contributed by atoms with van der Waals surface area (Å²) < 4.78 is 0. The minimum absolute atomic E-state index is 0.0635. The van der Waals surface area contributed by atoms with E-state index in [9.17, 15) is 29.4 Å². The molecule has 0 spiro atoms. The number of rotatable bonds is 15. The summed E-state index contributed by atoms with van der Waals surface area (Å²) in [6, 6.07) is 2.25. The maximum Gasteiger partial charge on any atom is 0.326 e. The van der Waals surface area contributed by atoms with Gasteiger partial charge in [0, 0.05) is 6.42 Å². The highest BCUT2D eigenvalue weighted by molar-refractivity contribution is 7.98. The molecule has 3 amide bonds. The molecule has 0 aliphatic carbocycles. The largest absolute Gasteiger partial charge is 0.508 e. The smallest absolute Gasteiger partial charge is 0.326 e. The van der Waals surface area contributed by atoms with Crippen molar-refractivity contribution in [1.29, 1.82) is 0 Å². The lowest BCUT2D eigenvalue weighted by Crippen LogP contribution is -2.59. The van der Waals surface area contributed by atoms with Crippen LogP contribution in [0.3, 0.4) is 0 Å². The number of nitrogens with two attached hydrogens (primary N) is 1. The Kier molecular flexibility index (Phi) is 13.3. The van der Waals surface area contributed by atoms with Gasteiger partial charge in [0.05, 0.1) is 6.04 Å². The predicted octanol–water partition coefficient (Wildman–Crippen LogP) is 1.26. The number of benzene rings is 1. The molecule has 0 heterocycles. The number of carboxylic acid groups (broad SMARTS) is 1. The summed E-state index contributed by atoms with van der Waals surface area (Å²) in [5.41, 5.74) is 6.65. The first-order valence-corrected chi connectivity index (χ1v) is 13.5. The first-order chi connectivity index (χ1) is 16.9. The number of aromatic hydroxyl groups is 1. The normalized spacial score (nSPS) is 15.3. The fourth-order valence-electron chi connectivity index (χ4n) is 3.36. The zero-order chi connectivity index (χ0) is 27.4. The second kappa shape index (κ2) is 15.4. The molecule has 0 saturated heterocycles. The second-order valence-corrected chi connectivity index (χ2v) is 10.2. The van der Waals surface area contributed by atoms with Gasteiger partial charge in [-0.1, -0.05) is 46.2 Å². The summed E-state index contributed by atoms with van der Waals surface area (Å²) in [7, 11) is 0. The van der Waals surface area contributed by atoms with Gasteiger partial charge in [-0.25, -0.2) is 4.79 Å². The van der Waals surface area contributed by atoms with E-state index in [1.807, 2.05) is 13.2 Å². The summed E-state index contributed by atoms with van der Waals surface area (Å²) in [5, 5.41) is 27.0. The van der Waals surface area contributed by atoms with E-state index in [2.05, 4.69) is 16.0 Å². The molecule has 10 nitrogen and oxygen atoms in total. The third-order valence-corrected chi connectivity index (χ3v) is 6.69. The topological polar surface area (TPSA) is 171 Å². The van der Waals surface area contributed by atoms with Crippen LogP contribution in [0.1, 0.15) is 46.1 Å². The first-order valence-electron chi connectivity index (χ1n) is 12.1. The molecular formula is C25H40N4O6S. The van der Waals surface area contributed by atoms with Crippen molar-refractivity contribution >= 4 is 35.5 Å². The van der Waals surface area contributed by atoms with Gasteiger partial charge in [-0.05, 0) is 48.0 Å². The lowest BCUT2D eigenvalue weighted by Gasteiger charge is -2.28. The minimum Gasteiger partial charge on any atom is -0.508 e. The van der Waals surface area contributed by atoms with E-state index >= 15 is 0 Å². The van der Waals surface area contributed by atoms with E-state index in [-0.39, 0.29) is 30.4 Å². The van der Waals surface area contributed by atoms with Crippen LogP contribution in [0.4, 0.5) is 0 Å². The molecule has 5 atom stereocenters. The van der Waals surface area contributed by atoms with Crippen molar-refractivity contribution in [1.82, 2.24) is 16.0 Å². The molecule has 1 aromatic rings. The molecule has 1 aromatic carbocycles. The molecule has 0 fully saturated rings. The van der Waals surface area contributed by atoms with Crippen molar-refractivity contribution in [2.24, 2.45) is 17.6 Å². The lowest BCUT2D eigenvalue weighted by molar-refractivity contribution is -0.142. The molecule has 202 valence electrons. The molecule has 0 radical (unpaired) electrons. The Labute approximate surface area is 217 Å². The quantitative estimate of drug-likeness (QED) is 0.199. The number of hydrogen-bond acceptors (Lipinski definition) is 7. The molecule has 11 heteroatoms. The summed E-state index contributed by atoms with van der Waals surface area (Å²) >= 11 is 1.47. The summed E-state index contributed by atoms with van der Waals surface area (Å²) in [4.78, 5) is 50.7. The van der Waals surface area contributed by atoms with Crippen LogP contribution < -0.4 is 21.7 Å². The van der Waals surface area contributed by atoms with Crippen LogP contribution in [0.5, 0.6) is 5.75 Å². The van der Waals surface area contributed by atoms with Crippen LogP contribution in [0.15, 0.2) is 24.3 Å². The van der Waals surface area contributed by atoms with Gasteiger partial charge < -0.3 is 31.9 Å². The summed E-state index contributed by atoms with van der Waals surface area (Å²) in [6.07, 6.45) is 2.74. The maximum atomic E-state index is 13.4. The van der Waals surface area contributed by atoms with E-state index in [0.717, 1.165) is 0 Å². The van der Waals surface area contributed by atoms with Crippen LogP contribution >= 0.6 is 11.8 Å². The molecule has 5 unspecified atom stereocenters. The monoisotopic (exact) mass is 524 g/mol. The van der Waals surface area contributed by atoms with Gasteiger partial charge in [-0.15, -0.1) is 0 Å². The number of carbonyl (C=O) groups excluding carboxylic acids is 3. The Hall–Kier alpha value is -2.79. The number of nitrogens with one attached hydrogen (secondary N) is 3. The van der Waals surface area contributed by atoms with Crippen molar-refractivity contribution in [3.63, 3.8) is 0 Å². The molecular weight excluding hydrogens is 484 g/mol. The molecule has 7 N–H and O–H groups in total. The van der Waals surface area contributed by atoms with E-state index in [1.165, 1.54) is 23.9 Å². The van der Waals surface area contributed by atoms with Crippen LogP contribution in [0, 0.1) is 11.8 Å². The first kappa shape index (κ1) is 31.2. The van der Waals surface area contributed by atoms with Crippen molar-refractivity contribution in [2.45, 2.75) is 71.1 Å². The van der Waals surface area contributed by atoms with Gasteiger partial charge in [0.1, 0.15) is 23.9 Å². The van der Waals surface area contributed by atoms with Gasteiger partial charge in [-0.3, -0.25) is 14.4 Å². The number of thioether (sulfide) groups is 1. The van der Waals surface area contributed by atoms with Crippen LogP contribution in [-0.4, -0.2) is 70.1 Å². The van der Waals surface area contributed by atoms with E-state index in [1.54, 1.807) is 32.9 Å². The highest BCUT2D eigenvalue weighted by Gasteiger charge is 2.33. The van der Waals surface area contributed by atoms with Gasteiger partial charge in [0.15, 0.2) is 0 Å². The van der Waals surface area contributed by atoms with Crippen molar-refractivity contribution in [3.8, 4) is 5.75 Å². The number of aliphatic carboxylic acids is 1. The highest BCUT2D eigenvalue weighted by atomic mass is 32.2. The van der Waals surface area contributed by atoms with E-state index in [4.69, 9.17) is 5.73 Å². The zero-order valence-corrected chi connectivity index (χ0v) is 22.4. The van der Waals surface area contributed by atoms with Crippen molar-refractivity contribution in [3.05, 3.63) is 29.8 Å². The number of phenols is 1. The molecule has 0 aliphatic heterocycles. The number of carbonyl (C=O) groups is 4. The second-order valence-electron chi connectivity index (χ2n) is 9.25. The molecule has 0 aromatic heterocycles. The van der Waals surface area contributed by atoms with Gasteiger partial charge in [0.25, 0.3) is 0 Å². The predicted molar refractivity (Wildman–Crippen MR) is 141 cm³/mol. The Balaban J connectivity index is 3.14. The third-order valence-electron chi connectivity index (χ3n) is 6.05. The van der Waals surface area contributed by atoms with Gasteiger partial charge in [-0.2, -0.15) is 11.8 Å². The van der Waals surface area contributed by atoms with E-state index < -0.39 is 47.9 Å². The third kappa shape index (κ3) is 10.1. The maximum absolute atomic E-state index is 13.4. The summed E-state index contributed by atoms with van der Waals surface area (Å²) in [5.74, 6) is -2.68. The van der Waals surface area contributed by atoms with Crippen molar-refractivity contribution in [2.75, 3.05) is 12.0 Å². The zero-order valence-electron chi connectivity index (χ0n) is 21.6. The Bertz CT molecular complexity index is 880. The molecule has 0 aliphatic rings. The van der Waals surface area contributed by atoms with Gasteiger partial charge >= 0.3 is 5.97 Å². The lowest BCUT2D eigenvalue weighted by atomic mass is 9.96. The van der Waals surface area contributed by atoms with Crippen LogP contribution in [0.25, 0.3) is 0 Å². The minimum atomic E-state index is -1.15. The van der Waals surface area contributed by atoms with E-state index in [0.29, 0.717) is 17.7 Å². The Morgan fingerprint density at radius 1 is 0.944 bits per heavy atom. The van der Waals surface area contributed by atoms with Gasteiger partial charge in [0.2, 0.25) is 17.7 Å². The number of phenolic OH excluding ortho intramolecular Hbond substituents is 1. The summed E-state index contributed by atoms with van der Waals surface area (Å²) in [6.45, 7) is 7.22. The number of amides is 3. The molecule has 0 bridgehead atoms. The van der Waals surface area contributed by atoms with Crippen LogP contribution in [-0.2, 0) is 25.6 Å². The standard InChI is InChI=1S/C25H40N4O6S/c1-6-15(4)21(24(33)27-18(25(34)35)11-12-36-5)29-22(31)19(28-23(32)20(26)14(2)3)13-16-7-9-17(30)10-8-16/h7-10,14-15,18-21,30H,6,11-13,26H2,1-5H3,(H,27,33)(H,28,32)(H,29,31)(H,34,35). The highest BCUT2D eigenvalue weighted by Crippen LogP contribution is 2.14. The fraction of sp³-hybridized carbons (Fsp3) is 0.600. The molecule has 0 saturated carbocycles. The number of hydrogen-bond donors (Lipinski definition) is 6. The number of carboxylic acids is 1. The average Bonchev–Trinajstić information content (AvgIpc) is 2.84. The van der Waals surface area contributed by atoms with Crippen LogP contribution in [0.2, 0.25) is 0 Å².